The molecule has 0 aliphatic rings. The zero-order chi connectivity index (χ0) is 13.8. The number of hydrogen-bond donors (Lipinski definition) is 0. The van der Waals surface area contributed by atoms with Crippen molar-refractivity contribution in [2.45, 2.75) is 18.7 Å². The third kappa shape index (κ3) is 4.40. The Balaban J connectivity index is 2.81. The van der Waals surface area contributed by atoms with E-state index in [1.54, 1.807) is 12.1 Å². The summed E-state index contributed by atoms with van der Waals surface area (Å²) in [6.45, 7) is 3.38. The van der Waals surface area contributed by atoms with Crippen LogP contribution in [0.3, 0.4) is 0 Å². The van der Waals surface area contributed by atoms with Crippen molar-refractivity contribution in [2.75, 3.05) is 18.1 Å². The van der Waals surface area contributed by atoms with E-state index < -0.39 is 31.5 Å². The Morgan fingerprint density at radius 3 is 2.06 bits per heavy atom. The summed E-state index contributed by atoms with van der Waals surface area (Å²) >= 11 is 0. The Morgan fingerprint density at radius 1 is 1.00 bits per heavy atom. The second kappa shape index (κ2) is 5.81. The van der Waals surface area contributed by atoms with Crippen molar-refractivity contribution in [3.63, 3.8) is 0 Å². The molecule has 1 aromatic carbocycles. The highest BCUT2D eigenvalue weighted by atomic mass is 32.2. The first-order chi connectivity index (χ1) is 8.27. The molecule has 0 atom stereocenters. The lowest BCUT2D eigenvalue weighted by Crippen LogP contribution is -2.19. The lowest BCUT2D eigenvalue weighted by Gasteiger charge is -2.05. The summed E-state index contributed by atoms with van der Waals surface area (Å²) in [7, 11) is -7.35. The van der Waals surface area contributed by atoms with Crippen LogP contribution in [0.2, 0.25) is 0 Å². The Bertz CT molecular complexity index is 585. The molecule has 18 heavy (non-hydrogen) atoms. The van der Waals surface area contributed by atoms with Crippen LogP contribution in [0.1, 0.15) is 12.5 Å². The average molecular weight is 292 g/mol. The van der Waals surface area contributed by atoms with Crippen molar-refractivity contribution in [1.82, 2.24) is 0 Å². The zero-order valence-corrected chi connectivity index (χ0v) is 11.9. The molecule has 102 valence electrons. The number of hydrogen-bond acceptors (Lipinski definition) is 5. The molecule has 1 aromatic rings. The maximum absolute atomic E-state index is 11.9. The molecule has 0 aromatic heterocycles. The van der Waals surface area contributed by atoms with Crippen LogP contribution in [0.4, 0.5) is 0 Å². The Hall–Kier alpha value is -0.920. The van der Waals surface area contributed by atoms with Crippen molar-refractivity contribution in [2.24, 2.45) is 0 Å². The molecular weight excluding hydrogens is 276 g/mol. The SMILES string of the molecule is CCOS(=O)(=O)CCS(=O)(=O)c1ccc(C)cc1. The van der Waals surface area contributed by atoms with Crippen LogP contribution in [-0.4, -0.2) is 34.9 Å². The minimum Gasteiger partial charge on any atom is -0.270 e. The van der Waals surface area contributed by atoms with Gasteiger partial charge in [-0.05, 0) is 26.0 Å². The summed E-state index contributed by atoms with van der Waals surface area (Å²) in [6, 6.07) is 6.28. The second-order valence-corrected chi connectivity index (χ2v) is 7.67. The van der Waals surface area contributed by atoms with Crippen LogP contribution in [0.15, 0.2) is 29.2 Å². The molecule has 0 bridgehead atoms. The summed E-state index contributed by atoms with van der Waals surface area (Å²) in [5.74, 6) is -1.00. The maximum Gasteiger partial charge on any atom is 0.268 e. The predicted octanol–water partition coefficient (Wildman–Crippen LogP) is 1.14. The molecule has 0 spiro atoms. The largest absolute Gasteiger partial charge is 0.270 e. The van der Waals surface area contributed by atoms with Crippen LogP contribution < -0.4 is 0 Å². The Morgan fingerprint density at radius 2 is 1.56 bits per heavy atom. The average Bonchev–Trinajstić information content (AvgIpc) is 2.27. The summed E-state index contributed by atoms with van der Waals surface area (Å²) in [6.07, 6.45) is 0. The van der Waals surface area contributed by atoms with E-state index in [0.29, 0.717) is 0 Å². The molecule has 1 rings (SSSR count). The Labute approximate surface area is 108 Å². The summed E-state index contributed by atoms with van der Waals surface area (Å²) < 4.78 is 50.8. The van der Waals surface area contributed by atoms with Gasteiger partial charge in [0.2, 0.25) is 0 Å². The van der Waals surface area contributed by atoms with E-state index in [9.17, 15) is 16.8 Å². The van der Waals surface area contributed by atoms with E-state index in [1.807, 2.05) is 6.92 Å². The van der Waals surface area contributed by atoms with Crippen molar-refractivity contribution in [3.05, 3.63) is 29.8 Å². The molecule has 0 saturated heterocycles. The highest BCUT2D eigenvalue weighted by Gasteiger charge is 2.19. The zero-order valence-electron chi connectivity index (χ0n) is 10.3. The first-order valence-electron chi connectivity index (χ1n) is 5.43. The van der Waals surface area contributed by atoms with Crippen LogP contribution >= 0.6 is 0 Å². The van der Waals surface area contributed by atoms with Crippen LogP contribution in [0.25, 0.3) is 0 Å². The normalized spacial score (nSPS) is 12.6. The molecule has 0 radical (unpaired) electrons. The van der Waals surface area contributed by atoms with Gasteiger partial charge in [-0.1, -0.05) is 17.7 Å². The van der Waals surface area contributed by atoms with Crippen molar-refractivity contribution in [3.8, 4) is 0 Å². The van der Waals surface area contributed by atoms with Gasteiger partial charge < -0.3 is 0 Å². The standard InChI is InChI=1S/C11H16O5S2/c1-3-16-18(14,15)9-8-17(12,13)11-6-4-10(2)5-7-11/h4-7H,3,8-9H2,1-2H3. The van der Waals surface area contributed by atoms with Gasteiger partial charge in [0, 0.05) is 0 Å². The van der Waals surface area contributed by atoms with Crippen molar-refractivity contribution >= 4 is 20.0 Å². The van der Waals surface area contributed by atoms with Gasteiger partial charge in [-0.3, -0.25) is 4.18 Å². The molecule has 0 aliphatic carbocycles. The highest BCUT2D eigenvalue weighted by molar-refractivity contribution is 7.93. The van der Waals surface area contributed by atoms with Gasteiger partial charge in [0.05, 0.1) is 23.0 Å². The summed E-state index contributed by atoms with van der Waals surface area (Å²) in [5, 5.41) is 0. The van der Waals surface area contributed by atoms with Gasteiger partial charge in [0.15, 0.2) is 9.84 Å². The van der Waals surface area contributed by atoms with Gasteiger partial charge in [-0.25, -0.2) is 8.42 Å². The molecular formula is C11H16O5S2. The topological polar surface area (TPSA) is 77.5 Å². The predicted molar refractivity (Wildman–Crippen MR) is 68.6 cm³/mol. The fourth-order valence-electron chi connectivity index (χ4n) is 1.31. The maximum atomic E-state index is 11.9. The fraction of sp³-hybridized carbons (Fsp3) is 0.455. The molecule has 0 unspecified atom stereocenters. The van der Waals surface area contributed by atoms with Crippen molar-refractivity contribution in [1.29, 1.82) is 0 Å². The van der Waals surface area contributed by atoms with E-state index >= 15 is 0 Å². The number of benzene rings is 1. The second-order valence-electron chi connectivity index (χ2n) is 3.80. The molecule has 0 N–H and O–H groups in total. The van der Waals surface area contributed by atoms with Crippen LogP contribution in [0, 0.1) is 6.92 Å². The van der Waals surface area contributed by atoms with Gasteiger partial charge in [0.1, 0.15) is 0 Å². The van der Waals surface area contributed by atoms with Gasteiger partial charge in [-0.15, -0.1) is 0 Å². The van der Waals surface area contributed by atoms with E-state index in [4.69, 9.17) is 0 Å². The molecule has 0 saturated carbocycles. The number of sulfone groups is 1. The van der Waals surface area contributed by atoms with E-state index in [1.165, 1.54) is 19.1 Å². The molecule has 0 heterocycles. The molecule has 7 heteroatoms. The monoisotopic (exact) mass is 292 g/mol. The lowest BCUT2D eigenvalue weighted by atomic mass is 10.2. The van der Waals surface area contributed by atoms with Crippen LogP contribution in [0.5, 0.6) is 0 Å². The van der Waals surface area contributed by atoms with E-state index in [0.717, 1.165) is 5.56 Å². The summed E-state index contributed by atoms with van der Waals surface area (Å²) in [4.78, 5) is 0.125. The minimum absolute atomic E-state index is 0.00686. The van der Waals surface area contributed by atoms with Gasteiger partial charge >= 0.3 is 0 Å². The summed E-state index contributed by atoms with van der Waals surface area (Å²) in [5.41, 5.74) is 0.941. The van der Waals surface area contributed by atoms with E-state index in [-0.39, 0.29) is 11.5 Å². The molecule has 0 fully saturated rings. The third-order valence-corrected chi connectivity index (χ3v) is 5.57. The number of rotatable bonds is 6. The smallest absolute Gasteiger partial charge is 0.268 e. The third-order valence-electron chi connectivity index (χ3n) is 2.28. The first-order valence-corrected chi connectivity index (χ1v) is 8.66. The fourth-order valence-corrected chi connectivity index (χ4v) is 4.27. The molecule has 0 amide bonds. The van der Waals surface area contributed by atoms with Gasteiger partial charge in [-0.2, -0.15) is 8.42 Å². The first kappa shape index (κ1) is 15.1. The van der Waals surface area contributed by atoms with E-state index in [2.05, 4.69) is 4.18 Å². The lowest BCUT2D eigenvalue weighted by molar-refractivity contribution is 0.339. The van der Waals surface area contributed by atoms with Crippen molar-refractivity contribution < 1.29 is 21.0 Å². The quantitative estimate of drug-likeness (QED) is 0.735. The highest BCUT2D eigenvalue weighted by Crippen LogP contribution is 2.12. The molecule has 5 nitrogen and oxygen atoms in total. The molecule has 0 aliphatic heterocycles. The number of aryl methyl sites for hydroxylation is 1. The Kier molecular flexibility index (Phi) is 4.89. The van der Waals surface area contributed by atoms with Gasteiger partial charge in [0.25, 0.3) is 10.1 Å². The van der Waals surface area contributed by atoms with Crippen LogP contribution in [-0.2, 0) is 24.1 Å². The minimum atomic E-state index is -3.76.